The standard InChI is InChI=1S/C20H36O2Si/c1-17(2)11-15(19(5,6)13-17)23(21-9,22-10)16-12-18(3,4)14-20(16,7)8/h11-12H,13-14H2,1-10H3. The van der Waals surface area contributed by atoms with Crippen LogP contribution in [-0.2, 0) is 8.85 Å². The molecule has 0 unspecified atom stereocenters. The lowest BCUT2D eigenvalue weighted by Crippen LogP contribution is -2.51. The predicted octanol–water partition coefficient (Wildman–Crippen LogP) is 5.56. The van der Waals surface area contributed by atoms with E-state index in [0.717, 1.165) is 12.8 Å². The minimum Gasteiger partial charge on any atom is -0.391 e. The zero-order chi connectivity index (χ0) is 17.9. The third-order valence-electron chi connectivity index (χ3n) is 5.61. The van der Waals surface area contributed by atoms with Gasteiger partial charge in [0.05, 0.1) is 0 Å². The van der Waals surface area contributed by atoms with Gasteiger partial charge in [-0.3, -0.25) is 0 Å². The van der Waals surface area contributed by atoms with Gasteiger partial charge in [0, 0.05) is 14.2 Å². The molecule has 0 N–H and O–H groups in total. The Bertz CT molecular complexity index is 500. The average molecular weight is 337 g/mol. The highest BCUT2D eigenvalue weighted by atomic mass is 28.4. The number of allylic oxidation sites excluding steroid dienone is 4. The second-order valence-corrected chi connectivity index (χ2v) is 13.4. The topological polar surface area (TPSA) is 18.5 Å². The quantitative estimate of drug-likeness (QED) is 0.625. The van der Waals surface area contributed by atoms with E-state index < -0.39 is 8.56 Å². The Hall–Kier alpha value is -0.383. The van der Waals surface area contributed by atoms with E-state index in [1.54, 1.807) is 0 Å². The predicted molar refractivity (Wildman–Crippen MR) is 100 cm³/mol. The Kier molecular flexibility index (Phi) is 4.37. The van der Waals surface area contributed by atoms with E-state index in [4.69, 9.17) is 8.85 Å². The molecule has 2 nitrogen and oxygen atoms in total. The van der Waals surface area contributed by atoms with E-state index in [2.05, 4.69) is 67.5 Å². The molecule has 0 bridgehead atoms. The minimum atomic E-state index is -2.60. The lowest BCUT2D eigenvalue weighted by Gasteiger charge is -2.41. The highest BCUT2D eigenvalue weighted by molar-refractivity contribution is 6.82. The Morgan fingerprint density at radius 3 is 1.17 bits per heavy atom. The molecule has 0 aromatic heterocycles. The number of hydrogen-bond acceptors (Lipinski definition) is 2. The SMILES string of the molecule is CO[Si](OC)(C1=CC(C)(C)CC1(C)C)C1=CC(C)(C)CC1(C)C. The summed E-state index contributed by atoms with van der Waals surface area (Å²) in [5, 5.41) is 2.83. The summed E-state index contributed by atoms with van der Waals surface area (Å²) in [5.74, 6) is 0. The molecule has 2 rings (SSSR count). The van der Waals surface area contributed by atoms with Gasteiger partial charge in [-0.1, -0.05) is 67.5 Å². The molecular weight excluding hydrogens is 300 g/mol. The fourth-order valence-electron chi connectivity index (χ4n) is 5.49. The van der Waals surface area contributed by atoms with E-state index in [1.165, 1.54) is 10.4 Å². The Morgan fingerprint density at radius 2 is 1.00 bits per heavy atom. The molecule has 0 saturated heterocycles. The molecule has 0 aromatic carbocycles. The first-order valence-corrected chi connectivity index (χ1v) is 10.6. The van der Waals surface area contributed by atoms with Crippen molar-refractivity contribution in [2.75, 3.05) is 14.2 Å². The van der Waals surface area contributed by atoms with Crippen molar-refractivity contribution in [2.24, 2.45) is 21.7 Å². The third-order valence-corrected chi connectivity index (χ3v) is 9.82. The van der Waals surface area contributed by atoms with Gasteiger partial charge < -0.3 is 8.85 Å². The van der Waals surface area contributed by atoms with Gasteiger partial charge >= 0.3 is 8.56 Å². The molecule has 2 aliphatic rings. The van der Waals surface area contributed by atoms with Gasteiger partial charge in [0.1, 0.15) is 0 Å². The molecule has 0 aromatic rings. The molecule has 0 amide bonds. The van der Waals surface area contributed by atoms with Crippen LogP contribution in [0.15, 0.2) is 22.5 Å². The monoisotopic (exact) mass is 336 g/mol. The number of hydrogen-bond donors (Lipinski definition) is 0. The molecule has 0 spiro atoms. The summed E-state index contributed by atoms with van der Waals surface area (Å²) in [5.41, 5.74) is 0.636. The van der Waals surface area contributed by atoms with Crippen molar-refractivity contribution in [3.8, 4) is 0 Å². The van der Waals surface area contributed by atoms with Crippen LogP contribution in [0.5, 0.6) is 0 Å². The zero-order valence-electron chi connectivity index (χ0n) is 16.9. The maximum absolute atomic E-state index is 6.29. The molecule has 0 heterocycles. The highest BCUT2D eigenvalue weighted by Crippen LogP contribution is 2.58. The maximum atomic E-state index is 6.29. The normalized spacial score (nSPS) is 27.7. The van der Waals surface area contributed by atoms with Crippen LogP contribution in [0, 0.1) is 21.7 Å². The summed E-state index contributed by atoms with van der Waals surface area (Å²) in [4.78, 5) is 0. The molecule has 0 saturated carbocycles. The second-order valence-electron chi connectivity index (χ2n) is 10.2. The number of rotatable bonds is 4. The molecule has 0 aliphatic heterocycles. The van der Waals surface area contributed by atoms with Gasteiger partial charge in [-0.15, -0.1) is 0 Å². The summed E-state index contributed by atoms with van der Waals surface area (Å²) in [6.45, 7) is 18.7. The third kappa shape index (κ3) is 3.12. The van der Waals surface area contributed by atoms with Gasteiger partial charge in [-0.25, -0.2) is 0 Å². The average Bonchev–Trinajstić information content (AvgIpc) is 2.70. The van der Waals surface area contributed by atoms with Crippen LogP contribution in [0.4, 0.5) is 0 Å². The molecule has 23 heavy (non-hydrogen) atoms. The minimum absolute atomic E-state index is 0.116. The summed E-state index contributed by atoms with van der Waals surface area (Å²) in [6.07, 6.45) is 7.20. The Morgan fingerprint density at radius 1 is 0.696 bits per heavy atom. The Labute approximate surface area is 144 Å². The largest absolute Gasteiger partial charge is 0.398 e. The van der Waals surface area contributed by atoms with Crippen molar-refractivity contribution in [1.29, 1.82) is 0 Å². The molecule has 2 aliphatic carbocycles. The molecule has 0 radical (unpaired) electrons. The van der Waals surface area contributed by atoms with Crippen LogP contribution in [-0.4, -0.2) is 22.8 Å². The lowest BCUT2D eigenvalue weighted by molar-refractivity contribution is 0.234. The molecular formula is C20H36O2Si. The van der Waals surface area contributed by atoms with Crippen molar-refractivity contribution in [3.63, 3.8) is 0 Å². The van der Waals surface area contributed by atoms with Crippen molar-refractivity contribution < 1.29 is 8.85 Å². The molecule has 3 heteroatoms. The highest BCUT2D eigenvalue weighted by Gasteiger charge is 2.59. The van der Waals surface area contributed by atoms with Crippen LogP contribution < -0.4 is 0 Å². The van der Waals surface area contributed by atoms with Crippen LogP contribution in [0.2, 0.25) is 0 Å². The van der Waals surface area contributed by atoms with E-state index in [0.29, 0.717) is 0 Å². The van der Waals surface area contributed by atoms with Gasteiger partial charge in [-0.05, 0) is 44.9 Å². The van der Waals surface area contributed by atoms with Crippen molar-refractivity contribution in [2.45, 2.75) is 68.2 Å². The smallest absolute Gasteiger partial charge is 0.391 e. The summed E-state index contributed by atoms with van der Waals surface area (Å²) in [6, 6.07) is 0. The van der Waals surface area contributed by atoms with Gasteiger partial charge in [0.2, 0.25) is 0 Å². The zero-order valence-corrected chi connectivity index (χ0v) is 17.9. The maximum Gasteiger partial charge on any atom is 0.398 e. The lowest BCUT2D eigenvalue weighted by atomic mass is 9.83. The van der Waals surface area contributed by atoms with E-state index in [1.807, 2.05) is 14.2 Å². The van der Waals surface area contributed by atoms with Crippen LogP contribution in [0.3, 0.4) is 0 Å². The van der Waals surface area contributed by atoms with Crippen molar-refractivity contribution >= 4 is 8.56 Å². The molecule has 0 fully saturated rings. The van der Waals surface area contributed by atoms with Crippen molar-refractivity contribution in [3.05, 3.63) is 22.5 Å². The van der Waals surface area contributed by atoms with Gasteiger partial charge in [0.15, 0.2) is 0 Å². The summed E-state index contributed by atoms with van der Waals surface area (Å²) >= 11 is 0. The second kappa shape index (κ2) is 5.31. The fourth-order valence-corrected chi connectivity index (χ4v) is 9.95. The molecule has 0 atom stereocenters. The fraction of sp³-hybridized carbons (Fsp3) is 0.800. The first-order valence-electron chi connectivity index (χ1n) is 8.79. The summed E-state index contributed by atoms with van der Waals surface area (Å²) < 4.78 is 12.6. The van der Waals surface area contributed by atoms with Crippen LogP contribution >= 0.6 is 0 Å². The van der Waals surface area contributed by atoms with E-state index in [9.17, 15) is 0 Å². The van der Waals surface area contributed by atoms with Crippen LogP contribution in [0.1, 0.15) is 68.2 Å². The van der Waals surface area contributed by atoms with E-state index in [-0.39, 0.29) is 21.7 Å². The van der Waals surface area contributed by atoms with Gasteiger partial charge in [-0.2, -0.15) is 0 Å². The first kappa shape index (κ1) is 18.9. The Balaban J connectivity index is 2.67. The van der Waals surface area contributed by atoms with Gasteiger partial charge in [0.25, 0.3) is 0 Å². The summed E-state index contributed by atoms with van der Waals surface area (Å²) in [7, 11) is 1.09. The van der Waals surface area contributed by atoms with Crippen molar-refractivity contribution in [1.82, 2.24) is 0 Å². The van der Waals surface area contributed by atoms with Crippen LogP contribution in [0.25, 0.3) is 0 Å². The molecule has 132 valence electrons. The first-order chi connectivity index (χ1) is 10.2. The van der Waals surface area contributed by atoms with E-state index >= 15 is 0 Å².